The van der Waals surface area contributed by atoms with Crippen molar-refractivity contribution in [2.75, 3.05) is 11.9 Å². The van der Waals surface area contributed by atoms with Crippen molar-refractivity contribution in [3.05, 3.63) is 28.5 Å². The number of hydrogen-bond donors (Lipinski definition) is 1. The second kappa shape index (κ2) is 9.67. The standard InChI is InChI=1S/C22H23F5N4O3S/c1-3-34-21(33)19-30-16(20(32)31-11-4-5-12(31)7-6-11)17(35-19)14-9-28-15(8-13(14)18(23)24)29-10(2)22(25,26)27/h8-12,18H,3-7H2,1-2H3,(H,28,29)/t10-,11?,12?/m0/s1. The second-order valence-corrected chi connectivity index (χ2v) is 9.46. The Balaban J connectivity index is 1.77. The molecule has 4 heterocycles. The number of carbonyl (C=O) groups excluding carboxylic acids is 2. The number of amides is 1. The molecule has 1 N–H and O–H groups in total. The van der Waals surface area contributed by atoms with Crippen LogP contribution in [0.3, 0.4) is 0 Å². The van der Waals surface area contributed by atoms with Crippen LogP contribution in [0, 0.1) is 0 Å². The van der Waals surface area contributed by atoms with Crippen molar-refractivity contribution in [1.29, 1.82) is 0 Å². The van der Waals surface area contributed by atoms with E-state index < -0.39 is 41.9 Å². The number of ether oxygens (including phenoxy) is 1. The number of nitrogens with one attached hydrogen (secondary N) is 1. The van der Waals surface area contributed by atoms with Gasteiger partial charge in [0.1, 0.15) is 17.6 Å². The van der Waals surface area contributed by atoms with E-state index in [1.165, 1.54) is 0 Å². The number of thiazole rings is 1. The SMILES string of the molecule is CCOC(=O)c1nc(C(=O)N2C3CCC2CC3)c(-c2cnc(N[C@@H](C)C(F)(F)F)cc2C(F)F)s1. The summed E-state index contributed by atoms with van der Waals surface area (Å²) in [7, 11) is 0. The van der Waals surface area contributed by atoms with E-state index in [9.17, 15) is 31.5 Å². The summed E-state index contributed by atoms with van der Waals surface area (Å²) in [6, 6.07) is -1.15. The Labute approximate surface area is 201 Å². The molecule has 190 valence electrons. The average Bonchev–Trinajstić information content (AvgIpc) is 3.52. The zero-order valence-corrected chi connectivity index (χ0v) is 19.7. The zero-order valence-electron chi connectivity index (χ0n) is 18.9. The fraction of sp³-hybridized carbons (Fsp3) is 0.545. The van der Waals surface area contributed by atoms with E-state index in [0.717, 1.165) is 56.2 Å². The molecular weight excluding hydrogens is 495 g/mol. The molecule has 1 amide bonds. The summed E-state index contributed by atoms with van der Waals surface area (Å²) in [5, 5.41) is 1.89. The monoisotopic (exact) mass is 518 g/mol. The fourth-order valence-corrected chi connectivity index (χ4v) is 5.50. The molecule has 2 aliphatic heterocycles. The van der Waals surface area contributed by atoms with Gasteiger partial charge in [-0.3, -0.25) is 4.79 Å². The molecule has 2 bridgehead atoms. The average molecular weight is 519 g/mol. The number of aromatic nitrogens is 2. The first-order chi connectivity index (χ1) is 16.5. The van der Waals surface area contributed by atoms with Gasteiger partial charge in [-0.2, -0.15) is 13.2 Å². The molecule has 0 spiro atoms. The number of pyridine rings is 1. The number of hydrogen-bond acceptors (Lipinski definition) is 7. The van der Waals surface area contributed by atoms with Gasteiger partial charge < -0.3 is 15.0 Å². The summed E-state index contributed by atoms with van der Waals surface area (Å²) in [6.45, 7) is 2.48. The normalized spacial score (nSPS) is 20.4. The third-order valence-corrected chi connectivity index (χ3v) is 7.31. The van der Waals surface area contributed by atoms with Crippen molar-refractivity contribution in [3.8, 4) is 10.4 Å². The predicted molar refractivity (Wildman–Crippen MR) is 118 cm³/mol. The fourth-order valence-electron chi connectivity index (χ4n) is 4.52. The molecule has 0 unspecified atom stereocenters. The lowest BCUT2D eigenvalue weighted by Gasteiger charge is -2.22. The van der Waals surface area contributed by atoms with E-state index in [2.05, 4.69) is 15.3 Å². The van der Waals surface area contributed by atoms with Gasteiger partial charge in [-0.15, -0.1) is 11.3 Å². The molecule has 2 saturated heterocycles. The highest BCUT2D eigenvalue weighted by molar-refractivity contribution is 7.17. The Kier molecular flexibility index (Phi) is 6.98. The molecule has 35 heavy (non-hydrogen) atoms. The highest BCUT2D eigenvalue weighted by atomic mass is 32.1. The summed E-state index contributed by atoms with van der Waals surface area (Å²) in [6.07, 6.45) is -3.37. The van der Waals surface area contributed by atoms with Gasteiger partial charge in [0.25, 0.3) is 12.3 Å². The summed E-state index contributed by atoms with van der Waals surface area (Å²) in [5.74, 6) is -1.66. The minimum Gasteiger partial charge on any atom is -0.461 e. The van der Waals surface area contributed by atoms with Crippen molar-refractivity contribution in [3.63, 3.8) is 0 Å². The summed E-state index contributed by atoms with van der Waals surface area (Å²) >= 11 is 0.719. The van der Waals surface area contributed by atoms with Crippen LogP contribution in [-0.4, -0.2) is 57.7 Å². The van der Waals surface area contributed by atoms with Crippen LogP contribution >= 0.6 is 11.3 Å². The molecule has 2 fully saturated rings. The first kappa shape index (κ1) is 25.3. The Morgan fingerprint density at radius 2 is 1.86 bits per heavy atom. The highest BCUT2D eigenvalue weighted by Crippen LogP contribution is 2.42. The molecule has 0 saturated carbocycles. The number of anilines is 1. The third kappa shape index (κ3) is 4.95. The van der Waals surface area contributed by atoms with Crippen LogP contribution in [0.25, 0.3) is 10.4 Å². The minimum atomic E-state index is -4.60. The maximum absolute atomic E-state index is 14.0. The van der Waals surface area contributed by atoms with Crippen molar-refractivity contribution in [2.45, 2.75) is 70.3 Å². The molecule has 2 aromatic heterocycles. The van der Waals surface area contributed by atoms with Gasteiger partial charge in [0.15, 0.2) is 0 Å². The maximum Gasteiger partial charge on any atom is 0.408 e. The largest absolute Gasteiger partial charge is 0.461 e. The van der Waals surface area contributed by atoms with Crippen LogP contribution in [-0.2, 0) is 4.74 Å². The Morgan fingerprint density at radius 1 is 1.23 bits per heavy atom. The van der Waals surface area contributed by atoms with Gasteiger partial charge in [0.05, 0.1) is 11.5 Å². The van der Waals surface area contributed by atoms with Crippen LogP contribution in [0.2, 0.25) is 0 Å². The lowest BCUT2D eigenvalue weighted by molar-refractivity contribution is -0.138. The first-order valence-corrected chi connectivity index (χ1v) is 11.9. The number of carbonyl (C=O) groups is 2. The van der Waals surface area contributed by atoms with Crippen LogP contribution in [0.1, 0.15) is 71.8 Å². The molecule has 2 aromatic rings. The van der Waals surface area contributed by atoms with Gasteiger partial charge in [-0.25, -0.2) is 23.5 Å². The first-order valence-electron chi connectivity index (χ1n) is 11.1. The Bertz CT molecular complexity index is 1100. The zero-order chi connectivity index (χ0) is 25.5. The lowest BCUT2D eigenvalue weighted by atomic mass is 10.0. The van der Waals surface area contributed by atoms with E-state index >= 15 is 0 Å². The van der Waals surface area contributed by atoms with Crippen LogP contribution in [0.5, 0.6) is 0 Å². The van der Waals surface area contributed by atoms with Gasteiger partial charge in [-0.1, -0.05) is 0 Å². The molecule has 0 aliphatic carbocycles. The maximum atomic E-state index is 14.0. The van der Waals surface area contributed by atoms with E-state index in [1.807, 2.05) is 0 Å². The van der Waals surface area contributed by atoms with Crippen LogP contribution in [0.4, 0.5) is 27.8 Å². The molecule has 2 aliphatic rings. The molecule has 7 nitrogen and oxygen atoms in total. The molecule has 4 rings (SSSR count). The summed E-state index contributed by atoms with van der Waals surface area (Å²) in [4.78, 5) is 35.5. The van der Waals surface area contributed by atoms with Crippen molar-refractivity contribution in [1.82, 2.24) is 14.9 Å². The van der Waals surface area contributed by atoms with Gasteiger partial charge in [0, 0.05) is 29.4 Å². The van der Waals surface area contributed by atoms with Crippen LogP contribution < -0.4 is 5.32 Å². The quantitative estimate of drug-likeness (QED) is 0.388. The van der Waals surface area contributed by atoms with E-state index in [0.29, 0.717) is 0 Å². The number of rotatable bonds is 7. The molecule has 13 heteroatoms. The smallest absolute Gasteiger partial charge is 0.408 e. The topological polar surface area (TPSA) is 84.4 Å². The lowest BCUT2D eigenvalue weighted by Crippen LogP contribution is -2.35. The molecule has 1 atom stereocenters. The van der Waals surface area contributed by atoms with E-state index in [1.54, 1.807) is 11.8 Å². The number of fused-ring (bicyclic) bond motifs is 2. The Morgan fingerprint density at radius 3 is 2.40 bits per heavy atom. The van der Waals surface area contributed by atoms with Gasteiger partial charge in [-0.05, 0) is 45.6 Å². The van der Waals surface area contributed by atoms with E-state index in [4.69, 9.17) is 4.74 Å². The van der Waals surface area contributed by atoms with Crippen molar-refractivity contribution >= 4 is 29.0 Å². The van der Waals surface area contributed by atoms with Gasteiger partial charge >= 0.3 is 12.1 Å². The number of esters is 1. The van der Waals surface area contributed by atoms with Crippen LogP contribution in [0.15, 0.2) is 12.3 Å². The van der Waals surface area contributed by atoms with Crippen molar-refractivity contribution < 1.29 is 36.3 Å². The summed E-state index contributed by atoms with van der Waals surface area (Å²) in [5.41, 5.74) is -0.965. The van der Waals surface area contributed by atoms with Crippen molar-refractivity contribution in [2.24, 2.45) is 0 Å². The van der Waals surface area contributed by atoms with Gasteiger partial charge in [0.2, 0.25) is 5.01 Å². The summed E-state index contributed by atoms with van der Waals surface area (Å²) < 4.78 is 71.8. The number of halogens is 5. The second-order valence-electron chi connectivity index (χ2n) is 8.46. The predicted octanol–water partition coefficient (Wildman–Crippen LogP) is 5.45. The molecular formula is C22H23F5N4O3S. The van der Waals surface area contributed by atoms with E-state index in [-0.39, 0.29) is 39.8 Å². The number of alkyl halides is 5. The Hall–Kier alpha value is -2.83. The third-order valence-electron chi connectivity index (χ3n) is 6.24. The highest BCUT2D eigenvalue weighted by Gasteiger charge is 2.44. The number of nitrogens with zero attached hydrogens (tertiary/aromatic N) is 3. The molecule has 0 radical (unpaired) electrons. The minimum absolute atomic E-state index is 0.00238. The molecule has 0 aromatic carbocycles.